The molecule has 1 saturated heterocycles. The Morgan fingerprint density at radius 3 is 2.68 bits per heavy atom. The maximum atomic E-state index is 11.0. The van der Waals surface area contributed by atoms with Gasteiger partial charge in [-0.25, -0.2) is 14.5 Å². The van der Waals surface area contributed by atoms with Crippen LogP contribution >= 0.6 is 7.82 Å². The fourth-order valence-corrected chi connectivity index (χ4v) is 3.50. The van der Waals surface area contributed by atoms with Gasteiger partial charge in [-0.2, -0.15) is 0 Å². The minimum atomic E-state index is -4.77. The quantitative estimate of drug-likeness (QED) is 0.348. The maximum absolute atomic E-state index is 11.0. The van der Waals surface area contributed by atoms with E-state index in [2.05, 4.69) is 19.5 Å². The molecule has 3 rings (SSSR count). The SMILES string of the molecule is Cc1ncnc2c([C@H]3[C@H](O)[C@H](O)[C@@H](CO)N3COP(=O)(O)O)c[nH]c12. The van der Waals surface area contributed by atoms with Crippen LogP contribution in [-0.4, -0.2) is 76.5 Å². The number of aryl methyl sites for hydroxylation is 1. The van der Waals surface area contributed by atoms with Crippen LogP contribution in [0.4, 0.5) is 0 Å². The molecule has 0 aromatic carbocycles. The number of phosphoric ester groups is 1. The summed E-state index contributed by atoms with van der Waals surface area (Å²) in [7, 11) is -4.77. The lowest BCUT2D eigenvalue weighted by Gasteiger charge is -2.28. The Kier molecular flexibility index (Phi) is 4.93. The second kappa shape index (κ2) is 6.71. The third-order valence-electron chi connectivity index (χ3n) is 4.41. The highest BCUT2D eigenvalue weighted by molar-refractivity contribution is 7.46. The summed E-state index contributed by atoms with van der Waals surface area (Å²) in [5, 5.41) is 30.2. The lowest BCUT2D eigenvalue weighted by molar-refractivity contribution is 0.00747. The Morgan fingerprint density at radius 1 is 1.32 bits per heavy atom. The van der Waals surface area contributed by atoms with Crippen molar-refractivity contribution < 1.29 is 34.2 Å². The lowest BCUT2D eigenvalue weighted by Crippen LogP contribution is -2.40. The molecule has 0 aliphatic carbocycles. The average Bonchev–Trinajstić information content (AvgIpc) is 3.06. The molecule has 0 radical (unpaired) electrons. The zero-order valence-corrected chi connectivity index (χ0v) is 14.1. The molecule has 25 heavy (non-hydrogen) atoms. The summed E-state index contributed by atoms with van der Waals surface area (Å²) in [5.74, 6) is 0. The van der Waals surface area contributed by atoms with Gasteiger partial charge < -0.3 is 30.1 Å². The van der Waals surface area contributed by atoms with Gasteiger partial charge in [-0.3, -0.25) is 9.42 Å². The van der Waals surface area contributed by atoms with Crippen LogP contribution in [0.1, 0.15) is 17.3 Å². The summed E-state index contributed by atoms with van der Waals surface area (Å²) in [5.41, 5.74) is 2.32. The molecule has 0 saturated carbocycles. The number of aromatic nitrogens is 3. The molecule has 0 unspecified atom stereocenters. The van der Waals surface area contributed by atoms with Crippen molar-refractivity contribution in [1.82, 2.24) is 19.9 Å². The van der Waals surface area contributed by atoms with Crippen LogP contribution in [-0.2, 0) is 9.09 Å². The van der Waals surface area contributed by atoms with Crippen LogP contribution in [0, 0.1) is 6.92 Å². The van der Waals surface area contributed by atoms with E-state index >= 15 is 0 Å². The van der Waals surface area contributed by atoms with Gasteiger partial charge in [0.2, 0.25) is 0 Å². The molecule has 1 aliphatic rings. The standard InChI is InChI=1S/C13H19N4O7P/c1-6-9-10(16-4-15-6)7(2-14-9)11-13(20)12(19)8(3-18)17(11)5-24-25(21,22)23/h2,4,8,11-14,18-20H,3,5H2,1H3,(H2,21,22,23)/t8-,11+,12-,13+/m1/s1. The molecule has 0 bridgehead atoms. The van der Waals surface area contributed by atoms with Gasteiger partial charge in [-0.1, -0.05) is 0 Å². The molecule has 3 heterocycles. The van der Waals surface area contributed by atoms with Crippen LogP contribution in [0.2, 0.25) is 0 Å². The molecule has 138 valence electrons. The molecular formula is C13H19N4O7P. The molecule has 2 aromatic heterocycles. The number of hydrogen-bond acceptors (Lipinski definition) is 8. The summed E-state index contributed by atoms with van der Waals surface area (Å²) >= 11 is 0. The second-order valence-electron chi connectivity index (χ2n) is 5.87. The molecule has 1 fully saturated rings. The highest BCUT2D eigenvalue weighted by Crippen LogP contribution is 2.42. The molecule has 1 aliphatic heterocycles. The topological polar surface area (TPSA) is 172 Å². The molecule has 6 N–H and O–H groups in total. The van der Waals surface area contributed by atoms with Crippen LogP contribution in [0.5, 0.6) is 0 Å². The van der Waals surface area contributed by atoms with Crippen molar-refractivity contribution in [2.45, 2.75) is 31.2 Å². The van der Waals surface area contributed by atoms with Gasteiger partial charge in [-0.05, 0) is 6.92 Å². The Bertz CT molecular complexity index is 809. The van der Waals surface area contributed by atoms with E-state index in [1.54, 1.807) is 13.1 Å². The highest BCUT2D eigenvalue weighted by Gasteiger charge is 2.49. The van der Waals surface area contributed by atoms with Gasteiger partial charge in [-0.15, -0.1) is 0 Å². The van der Waals surface area contributed by atoms with Crippen LogP contribution in [0.15, 0.2) is 12.5 Å². The Balaban J connectivity index is 2.03. The van der Waals surface area contributed by atoms with Crippen LogP contribution < -0.4 is 0 Å². The number of nitrogens with zero attached hydrogens (tertiary/aromatic N) is 3. The summed E-state index contributed by atoms with van der Waals surface area (Å²) in [6.45, 7) is 0.649. The Labute approximate surface area is 142 Å². The number of fused-ring (bicyclic) bond motifs is 1. The van der Waals surface area contributed by atoms with Crippen molar-refractivity contribution in [3.63, 3.8) is 0 Å². The Morgan fingerprint density at radius 2 is 2.04 bits per heavy atom. The summed E-state index contributed by atoms with van der Waals surface area (Å²) in [4.78, 5) is 30.4. The first kappa shape index (κ1) is 18.4. The van der Waals surface area contributed by atoms with E-state index in [0.717, 1.165) is 0 Å². The molecule has 11 nitrogen and oxygen atoms in total. The number of nitrogens with one attached hydrogen (secondary N) is 1. The zero-order chi connectivity index (χ0) is 18.4. The van der Waals surface area contributed by atoms with E-state index < -0.39 is 45.5 Å². The molecular weight excluding hydrogens is 355 g/mol. The van der Waals surface area contributed by atoms with Gasteiger partial charge in [0, 0.05) is 11.8 Å². The summed E-state index contributed by atoms with van der Waals surface area (Å²) < 4.78 is 15.5. The highest BCUT2D eigenvalue weighted by atomic mass is 31.2. The largest absolute Gasteiger partial charge is 0.470 e. The second-order valence-corrected chi connectivity index (χ2v) is 7.10. The van der Waals surface area contributed by atoms with Gasteiger partial charge in [0.05, 0.1) is 41.5 Å². The molecule has 0 amide bonds. The van der Waals surface area contributed by atoms with Crippen molar-refractivity contribution in [2.75, 3.05) is 13.3 Å². The summed E-state index contributed by atoms with van der Waals surface area (Å²) in [6.07, 6.45) is 0.291. The lowest BCUT2D eigenvalue weighted by atomic mass is 10.0. The number of H-pyrrole nitrogens is 1. The van der Waals surface area contributed by atoms with Gasteiger partial charge in [0.25, 0.3) is 0 Å². The van der Waals surface area contributed by atoms with E-state index in [0.29, 0.717) is 22.3 Å². The fraction of sp³-hybridized carbons (Fsp3) is 0.538. The smallest absolute Gasteiger partial charge is 0.395 e. The number of hydrogen-bond donors (Lipinski definition) is 6. The van der Waals surface area contributed by atoms with Gasteiger partial charge in [0.1, 0.15) is 19.2 Å². The summed E-state index contributed by atoms with van der Waals surface area (Å²) in [6, 6.07) is -1.85. The van der Waals surface area contributed by atoms with E-state index in [1.807, 2.05) is 0 Å². The van der Waals surface area contributed by atoms with Crippen molar-refractivity contribution in [3.8, 4) is 0 Å². The maximum Gasteiger partial charge on any atom is 0.470 e. The first-order valence-electron chi connectivity index (χ1n) is 7.46. The van der Waals surface area contributed by atoms with E-state index in [1.165, 1.54) is 11.2 Å². The first-order chi connectivity index (χ1) is 11.7. The van der Waals surface area contributed by atoms with E-state index in [-0.39, 0.29) is 0 Å². The minimum absolute atomic E-state index is 0.498. The number of phosphoric acid groups is 1. The first-order valence-corrected chi connectivity index (χ1v) is 8.99. The molecule has 4 atom stereocenters. The number of aliphatic hydroxyl groups is 3. The molecule has 2 aromatic rings. The predicted molar refractivity (Wildman–Crippen MR) is 84.1 cm³/mol. The average molecular weight is 374 g/mol. The zero-order valence-electron chi connectivity index (χ0n) is 13.2. The molecule has 12 heteroatoms. The van der Waals surface area contributed by atoms with Crippen molar-refractivity contribution >= 4 is 18.9 Å². The normalized spacial score (nSPS) is 28.1. The fourth-order valence-electron chi connectivity index (χ4n) is 3.22. The molecule has 0 spiro atoms. The van der Waals surface area contributed by atoms with Crippen molar-refractivity contribution in [3.05, 3.63) is 23.8 Å². The monoisotopic (exact) mass is 374 g/mol. The van der Waals surface area contributed by atoms with Crippen LogP contribution in [0.25, 0.3) is 11.0 Å². The third-order valence-corrected chi connectivity index (χ3v) is 4.87. The van der Waals surface area contributed by atoms with E-state index in [4.69, 9.17) is 9.79 Å². The number of likely N-dealkylation sites (tertiary alicyclic amines) is 1. The predicted octanol–water partition coefficient (Wildman–Crippen LogP) is -1.23. The number of aromatic amines is 1. The third kappa shape index (κ3) is 3.33. The van der Waals surface area contributed by atoms with Crippen molar-refractivity contribution in [1.29, 1.82) is 0 Å². The Hall–Kier alpha value is -1.43. The number of aliphatic hydroxyl groups excluding tert-OH is 3. The number of rotatable bonds is 5. The van der Waals surface area contributed by atoms with Crippen LogP contribution in [0.3, 0.4) is 0 Å². The van der Waals surface area contributed by atoms with E-state index in [9.17, 15) is 19.9 Å². The van der Waals surface area contributed by atoms with Gasteiger partial charge in [0.15, 0.2) is 0 Å². The van der Waals surface area contributed by atoms with Gasteiger partial charge >= 0.3 is 7.82 Å². The minimum Gasteiger partial charge on any atom is -0.395 e. The van der Waals surface area contributed by atoms with Crippen molar-refractivity contribution in [2.24, 2.45) is 0 Å².